The van der Waals surface area contributed by atoms with Crippen molar-refractivity contribution in [3.63, 3.8) is 0 Å². The van der Waals surface area contributed by atoms with E-state index in [1.165, 1.54) is 0 Å². The van der Waals surface area contributed by atoms with Crippen molar-refractivity contribution in [2.75, 3.05) is 34.5 Å². The van der Waals surface area contributed by atoms with E-state index in [1.807, 2.05) is 0 Å². The largest absolute Gasteiger partial charge is 0.461 e. The normalized spacial score (nSPS) is 28.9. The summed E-state index contributed by atoms with van der Waals surface area (Å²) in [5, 5.41) is 10.1. The lowest BCUT2D eigenvalue weighted by Crippen LogP contribution is -2.65. The minimum absolute atomic E-state index is 0.0210. The second-order valence-corrected chi connectivity index (χ2v) is 26.9. The van der Waals surface area contributed by atoms with E-state index in [9.17, 15) is 9.90 Å². The first-order valence-electron chi connectivity index (χ1n) is 17.6. The molecule has 0 aliphatic carbocycles. The maximum Gasteiger partial charge on any atom is 0.308 e. The summed E-state index contributed by atoms with van der Waals surface area (Å²) < 4.78 is 51.3. The molecule has 2 fully saturated rings. The summed E-state index contributed by atoms with van der Waals surface area (Å²) in [6.07, 6.45) is 2.03. The molecule has 0 amide bonds. The zero-order chi connectivity index (χ0) is 37.0. The van der Waals surface area contributed by atoms with Crippen molar-refractivity contribution in [1.29, 1.82) is 0 Å². The summed E-state index contributed by atoms with van der Waals surface area (Å²) in [4.78, 5) is 13.0. The molecular formula is C36H70O10Si2. The predicted octanol–water partition coefficient (Wildman–Crippen LogP) is 7.35. The van der Waals surface area contributed by atoms with Crippen LogP contribution in [0.1, 0.15) is 93.9 Å². The van der Waals surface area contributed by atoms with Crippen molar-refractivity contribution in [3.8, 4) is 0 Å². The van der Waals surface area contributed by atoms with Gasteiger partial charge >= 0.3 is 5.97 Å². The molecule has 2 aliphatic rings. The van der Waals surface area contributed by atoms with Gasteiger partial charge in [-0.2, -0.15) is 0 Å². The van der Waals surface area contributed by atoms with E-state index in [1.54, 1.807) is 27.4 Å². The molecule has 2 heterocycles. The Morgan fingerprint density at radius 3 is 1.98 bits per heavy atom. The van der Waals surface area contributed by atoms with Gasteiger partial charge in [0.25, 0.3) is 0 Å². The monoisotopic (exact) mass is 718 g/mol. The quantitative estimate of drug-likeness (QED) is 0.0753. The molecule has 48 heavy (non-hydrogen) atoms. The van der Waals surface area contributed by atoms with Gasteiger partial charge in [-0.25, -0.2) is 0 Å². The van der Waals surface area contributed by atoms with Crippen LogP contribution in [0.15, 0.2) is 12.7 Å². The number of methoxy groups -OCH3 is 3. The SMILES string of the molecule is C=CCOC(=O)C[C@@H](C[C@@H]1C[C@H](O[Si](C)(C)C(C)(C)C)C(C)(C)[C@@](C[C@@H]2CC(OC)(OC)C[C@H](CO)O2)(OC)O1)O[Si](C)(C)C(C)(C)C. The molecule has 0 unspecified atom stereocenters. The molecule has 0 bridgehead atoms. The summed E-state index contributed by atoms with van der Waals surface area (Å²) in [7, 11) is 0.375. The maximum atomic E-state index is 13.0. The van der Waals surface area contributed by atoms with Gasteiger partial charge in [0.1, 0.15) is 6.61 Å². The topological polar surface area (TPSA) is 111 Å². The fourth-order valence-corrected chi connectivity index (χ4v) is 9.19. The number of ether oxygens (including phenoxy) is 6. The summed E-state index contributed by atoms with van der Waals surface area (Å²) in [6.45, 7) is 30.2. The molecule has 2 aliphatic heterocycles. The lowest BCUT2D eigenvalue weighted by atomic mass is 9.70. The summed E-state index contributed by atoms with van der Waals surface area (Å²) >= 11 is 0. The highest BCUT2D eigenvalue weighted by Gasteiger charge is 2.60. The first-order chi connectivity index (χ1) is 21.9. The third-order valence-electron chi connectivity index (χ3n) is 11.6. The van der Waals surface area contributed by atoms with Crippen LogP contribution in [0.4, 0.5) is 0 Å². The number of carbonyl (C=O) groups is 1. The van der Waals surface area contributed by atoms with Crippen LogP contribution < -0.4 is 0 Å². The standard InChI is InChI=1S/C36H70O10Si2/c1-17-18-42-31(38)21-27(45-47(13,14)32(2,3)4)19-26-20-30(46-48(15,16)33(5,6)7)34(8,9)36(41-12,44-26)24-28-22-35(39-10,40-11)23-29(25-37)43-28/h17,26-30,37H,1,18-25H2,2-16H3/t26-,27-,28+,29-,30+,36+/m1/s1. The molecule has 10 nitrogen and oxygen atoms in total. The number of esters is 1. The zero-order valence-corrected chi connectivity index (χ0v) is 34.9. The van der Waals surface area contributed by atoms with Crippen molar-refractivity contribution in [2.24, 2.45) is 5.41 Å². The average molecular weight is 719 g/mol. The van der Waals surface area contributed by atoms with Gasteiger partial charge in [-0.3, -0.25) is 4.79 Å². The molecule has 6 atom stereocenters. The Kier molecular flexibility index (Phi) is 14.8. The van der Waals surface area contributed by atoms with Crippen molar-refractivity contribution in [1.82, 2.24) is 0 Å². The molecule has 2 saturated heterocycles. The molecule has 0 aromatic heterocycles. The van der Waals surface area contributed by atoms with Crippen LogP contribution in [0.5, 0.6) is 0 Å². The lowest BCUT2D eigenvalue weighted by Gasteiger charge is -2.58. The van der Waals surface area contributed by atoms with E-state index in [4.69, 9.17) is 37.3 Å². The van der Waals surface area contributed by atoms with Gasteiger partial charge in [0, 0.05) is 46.0 Å². The van der Waals surface area contributed by atoms with Crippen LogP contribution in [0, 0.1) is 5.41 Å². The Hall–Kier alpha value is -0.676. The van der Waals surface area contributed by atoms with Gasteiger partial charge < -0.3 is 42.4 Å². The Morgan fingerprint density at radius 2 is 1.50 bits per heavy atom. The second-order valence-electron chi connectivity index (χ2n) is 17.4. The summed E-state index contributed by atoms with van der Waals surface area (Å²) in [6, 6.07) is 0. The summed E-state index contributed by atoms with van der Waals surface area (Å²) in [5.74, 6) is -2.39. The molecule has 0 saturated carbocycles. The fourth-order valence-electron chi connectivity index (χ4n) is 6.37. The number of aliphatic hydroxyl groups is 1. The highest BCUT2D eigenvalue weighted by molar-refractivity contribution is 6.74. The predicted molar refractivity (Wildman–Crippen MR) is 194 cm³/mol. The van der Waals surface area contributed by atoms with Crippen LogP contribution in [0.25, 0.3) is 0 Å². The lowest BCUT2D eigenvalue weighted by molar-refractivity contribution is -0.363. The van der Waals surface area contributed by atoms with E-state index in [0.29, 0.717) is 32.1 Å². The number of hydrogen-bond acceptors (Lipinski definition) is 10. The van der Waals surface area contributed by atoms with Crippen molar-refractivity contribution < 1.29 is 47.2 Å². The Labute approximate surface area is 294 Å². The Bertz CT molecular complexity index is 1050. The highest BCUT2D eigenvalue weighted by atomic mass is 28.4. The van der Waals surface area contributed by atoms with Crippen LogP contribution in [-0.2, 0) is 42.1 Å². The average Bonchev–Trinajstić information content (AvgIpc) is 2.96. The van der Waals surface area contributed by atoms with E-state index in [2.05, 4.69) is 88.2 Å². The first kappa shape index (κ1) is 43.5. The molecular weight excluding hydrogens is 649 g/mol. The Balaban J connectivity index is 2.61. The third-order valence-corrected chi connectivity index (χ3v) is 20.7. The minimum Gasteiger partial charge on any atom is -0.461 e. The van der Waals surface area contributed by atoms with Crippen LogP contribution in [0.2, 0.25) is 36.3 Å². The molecule has 0 aromatic rings. The number of aliphatic hydroxyl groups excluding tert-OH is 1. The molecule has 1 N–H and O–H groups in total. The number of hydrogen-bond donors (Lipinski definition) is 1. The molecule has 0 radical (unpaired) electrons. The van der Waals surface area contributed by atoms with E-state index >= 15 is 0 Å². The smallest absolute Gasteiger partial charge is 0.308 e. The zero-order valence-electron chi connectivity index (χ0n) is 32.9. The van der Waals surface area contributed by atoms with Gasteiger partial charge in [-0.1, -0.05) is 68.0 Å². The van der Waals surface area contributed by atoms with Crippen molar-refractivity contribution in [2.45, 2.75) is 172 Å². The molecule has 2 rings (SSSR count). The summed E-state index contributed by atoms with van der Waals surface area (Å²) in [5.41, 5.74) is -0.620. The molecule has 0 spiro atoms. The Morgan fingerprint density at radius 1 is 0.938 bits per heavy atom. The second kappa shape index (κ2) is 16.3. The molecule has 0 aromatic carbocycles. The fraction of sp³-hybridized carbons (Fsp3) is 0.917. The molecule has 12 heteroatoms. The van der Waals surface area contributed by atoms with E-state index < -0.39 is 51.9 Å². The maximum absolute atomic E-state index is 13.0. The van der Waals surface area contributed by atoms with E-state index in [-0.39, 0.29) is 47.9 Å². The van der Waals surface area contributed by atoms with Crippen LogP contribution in [-0.4, -0.2) is 104 Å². The molecule has 282 valence electrons. The van der Waals surface area contributed by atoms with Crippen LogP contribution in [0.3, 0.4) is 0 Å². The number of rotatable bonds is 16. The highest BCUT2D eigenvalue weighted by Crippen LogP contribution is 2.53. The van der Waals surface area contributed by atoms with Crippen molar-refractivity contribution >= 4 is 22.6 Å². The number of carbonyl (C=O) groups excluding carboxylic acids is 1. The first-order valence-corrected chi connectivity index (χ1v) is 23.4. The third kappa shape index (κ3) is 10.2. The van der Waals surface area contributed by atoms with Gasteiger partial charge in [0.15, 0.2) is 28.2 Å². The minimum atomic E-state index is -2.29. The van der Waals surface area contributed by atoms with E-state index in [0.717, 1.165) is 0 Å². The van der Waals surface area contributed by atoms with Gasteiger partial charge in [-0.15, -0.1) is 0 Å². The van der Waals surface area contributed by atoms with Crippen LogP contribution >= 0.6 is 0 Å². The van der Waals surface area contributed by atoms with Gasteiger partial charge in [-0.05, 0) is 49.1 Å². The van der Waals surface area contributed by atoms with Crippen molar-refractivity contribution in [3.05, 3.63) is 12.7 Å². The van der Waals surface area contributed by atoms with Gasteiger partial charge in [0.2, 0.25) is 0 Å². The van der Waals surface area contributed by atoms with Gasteiger partial charge in [0.05, 0.1) is 43.5 Å².